The van der Waals surface area contributed by atoms with Crippen molar-refractivity contribution in [3.63, 3.8) is 0 Å². The summed E-state index contributed by atoms with van der Waals surface area (Å²) in [5.41, 5.74) is 1.12. The summed E-state index contributed by atoms with van der Waals surface area (Å²) in [4.78, 5) is 24.8. The number of benzene rings is 3. The van der Waals surface area contributed by atoms with Gasteiger partial charge >= 0.3 is 5.97 Å². The Morgan fingerprint density at radius 1 is 0.917 bits per heavy atom. The van der Waals surface area contributed by atoms with E-state index in [1.54, 1.807) is 12.2 Å². The predicted molar refractivity (Wildman–Crippen MR) is 117 cm³/mol. The van der Waals surface area contributed by atoms with Crippen LogP contribution in [0.3, 0.4) is 0 Å². The Balaban J connectivity index is 1.45. The molecule has 0 aromatic heterocycles. The molecule has 0 radical (unpaired) electrons. The van der Waals surface area contributed by atoms with Crippen molar-refractivity contribution in [3.05, 3.63) is 107 Å². The maximum absolute atomic E-state index is 13.8. The molecule has 0 saturated heterocycles. The molecule has 10 heteroatoms. The molecule has 3 aromatic rings. The number of halogens is 5. The second-order valence-corrected chi connectivity index (χ2v) is 7.47. The molecule has 0 amide bonds. The molecular weight excluding hydrogens is 487 g/mol. The molecule has 0 spiro atoms. The number of esters is 1. The van der Waals surface area contributed by atoms with Crippen molar-refractivity contribution in [2.24, 2.45) is 0 Å². The zero-order valence-electron chi connectivity index (χ0n) is 18.4. The Hall–Kier alpha value is -4.47. The molecule has 1 aliphatic heterocycles. The Bertz CT molecular complexity index is 1390. The Morgan fingerprint density at radius 2 is 1.56 bits per heavy atom. The SMILES string of the molecule is CC(Oc1c(F)c(F)c(F)c(F)c1F)C(=O)Oc1ccc2c(c1)O/C(=C\C=C\c1ccccc1)C2=O. The number of rotatable bonds is 6. The predicted octanol–water partition coefficient (Wildman–Crippen LogP) is 5.93. The van der Waals surface area contributed by atoms with Crippen LogP contribution in [0, 0.1) is 29.1 Å². The zero-order chi connectivity index (χ0) is 26.0. The number of hydrogen-bond donors (Lipinski definition) is 0. The van der Waals surface area contributed by atoms with E-state index in [2.05, 4.69) is 4.74 Å². The van der Waals surface area contributed by atoms with Gasteiger partial charge in [-0.15, -0.1) is 0 Å². The molecule has 1 unspecified atom stereocenters. The lowest BCUT2D eigenvalue weighted by Crippen LogP contribution is -2.29. The number of Topliss-reactive ketones (excluding diaryl/α,β-unsaturated/α-hetero) is 1. The van der Waals surface area contributed by atoms with Crippen molar-refractivity contribution in [1.29, 1.82) is 0 Å². The summed E-state index contributed by atoms with van der Waals surface area (Å²) < 4.78 is 82.7. The molecule has 0 aliphatic carbocycles. The maximum atomic E-state index is 13.8. The summed E-state index contributed by atoms with van der Waals surface area (Å²) >= 11 is 0. The summed E-state index contributed by atoms with van der Waals surface area (Å²) in [6, 6.07) is 13.2. The van der Waals surface area contributed by atoms with Gasteiger partial charge in [-0.1, -0.05) is 42.5 Å². The van der Waals surface area contributed by atoms with Gasteiger partial charge in [0.05, 0.1) is 5.56 Å². The monoisotopic (exact) mass is 502 g/mol. The number of ketones is 1. The van der Waals surface area contributed by atoms with E-state index in [-0.39, 0.29) is 22.8 Å². The second-order valence-electron chi connectivity index (χ2n) is 7.47. The molecule has 1 aliphatic rings. The van der Waals surface area contributed by atoms with Crippen LogP contribution in [0.25, 0.3) is 6.08 Å². The molecule has 0 bridgehead atoms. The van der Waals surface area contributed by atoms with Gasteiger partial charge in [0.15, 0.2) is 17.6 Å². The Labute approximate surface area is 201 Å². The Morgan fingerprint density at radius 3 is 2.22 bits per heavy atom. The van der Waals surface area contributed by atoms with E-state index < -0.39 is 52.7 Å². The van der Waals surface area contributed by atoms with E-state index in [0.29, 0.717) is 0 Å². The molecule has 1 atom stereocenters. The van der Waals surface area contributed by atoms with Crippen LogP contribution in [0.15, 0.2) is 66.4 Å². The highest BCUT2D eigenvalue weighted by molar-refractivity contribution is 6.12. The molecule has 3 aromatic carbocycles. The summed E-state index contributed by atoms with van der Waals surface area (Å²) in [6.45, 7) is 0.994. The van der Waals surface area contributed by atoms with E-state index in [9.17, 15) is 31.5 Å². The van der Waals surface area contributed by atoms with Crippen LogP contribution < -0.4 is 14.2 Å². The van der Waals surface area contributed by atoms with Gasteiger partial charge < -0.3 is 14.2 Å². The number of ether oxygens (including phenoxy) is 3. The Kier molecular flexibility index (Phi) is 6.86. The number of fused-ring (bicyclic) bond motifs is 1. The lowest BCUT2D eigenvalue weighted by molar-refractivity contribution is -0.141. The lowest BCUT2D eigenvalue weighted by Gasteiger charge is -2.15. The fourth-order valence-electron chi connectivity index (χ4n) is 3.17. The number of carbonyl (C=O) groups excluding carboxylic acids is 2. The molecule has 184 valence electrons. The highest BCUT2D eigenvalue weighted by Crippen LogP contribution is 2.35. The van der Waals surface area contributed by atoms with Crippen LogP contribution in [-0.4, -0.2) is 17.9 Å². The summed E-state index contributed by atoms with van der Waals surface area (Å²) in [6.07, 6.45) is 3.12. The van der Waals surface area contributed by atoms with Gasteiger partial charge in [-0.3, -0.25) is 4.79 Å². The topological polar surface area (TPSA) is 61.8 Å². The van der Waals surface area contributed by atoms with Gasteiger partial charge in [-0.25, -0.2) is 18.0 Å². The van der Waals surface area contributed by atoms with Crippen LogP contribution in [0.5, 0.6) is 17.2 Å². The third kappa shape index (κ3) is 4.83. The second kappa shape index (κ2) is 10.0. The largest absolute Gasteiger partial charge is 0.473 e. The molecular formula is C26H15F5O5. The maximum Gasteiger partial charge on any atom is 0.352 e. The van der Waals surface area contributed by atoms with Gasteiger partial charge in [-0.05, 0) is 30.7 Å². The standard InChI is InChI=1S/C26H15F5O5/c1-13(34-25-22(30)20(28)19(27)21(29)23(25)31)26(33)35-15-10-11-16-18(12-15)36-17(24(16)32)9-5-8-14-6-3-2-4-7-14/h2-13H,1H3/b8-5+,17-9-. The van der Waals surface area contributed by atoms with Crippen molar-refractivity contribution in [3.8, 4) is 17.2 Å². The van der Waals surface area contributed by atoms with Crippen molar-refractivity contribution >= 4 is 17.8 Å². The highest BCUT2D eigenvalue weighted by atomic mass is 19.2. The third-order valence-corrected chi connectivity index (χ3v) is 4.99. The molecule has 0 N–H and O–H groups in total. The minimum atomic E-state index is -2.36. The minimum Gasteiger partial charge on any atom is -0.473 e. The average molecular weight is 502 g/mol. The van der Waals surface area contributed by atoms with Crippen molar-refractivity contribution in [2.45, 2.75) is 13.0 Å². The first-order valence-corrected chi connectivity index (χ1v) is 10.4. The molecule has 5 nitrogen and oxygen atoms in total. The van der Waals surface area contributed by atoms with Gasteiger partial charge in [0.25, 0.3) is 0 Å². The van der Waals surface area contributed by atoms with Crippen molar-refractivity contribution in [2.75, 3.05) is 0 Å². The quantitative estimate of drug-likeness (QED) is 0.105. The number of carbonyl (C=O) groups is 2. The fourth-order valence-corrected chi connectivity index (χ4v) is 3.17. The molecule has 36 heavy (non-hydrogen) atoms. The lowest BCUT2D eigenvalue weighted by atomic mass is 10.1. The first-order valence-electron chi connectivity index (χ1n) is 10.4. The van der Waals surface area contributed by atoms with Crippen LogP contribution >= 0.6 is 0 Å². The number of allylic oxidation sites excluding steroid dienone is 3. The van der Waals surface area contributed by atoms with Gasteiger partial charge in [0, 0.05) is 6.07 Å². The first-order chi connectivity index (χ1) is 17.2. The molecule has 0 saturated carbocycles. The molecule has 1 heterocycles. The van der Waals surface area contributed by atoms with Crippen LogP contribution in [-0.2, 0) is 4.79 Å². The first kappa shape index (κ1) is 24.6. The van der Waals surface area contributed by atoms with Gasteiger partial charge in [-0.2, -0.15) is 8.78 Å². The average Bonchev–Trinajstić information content (AvgIpc) is 3.19. The van der Waals surface area contributed by atoms with E-state index in [1.807, 2.05) is 30.3 Å². The third-order valence-electron chi connectivity index (χ3n) is 4.99. The minimum absolute atomic E-state index is 0.0312. The van der Waals surface area contributed by atoms with Crippen LogP contribution in [0.1, 0.15) is 22.8 Å². The normalized spacial score (nSPS) is 14.6. The summed E-state index contributed by atoms with van der Waals surface area (Å²) in [7, 11) is 0. The molecule has 4 rings (SSSR count). The van der Waals surface area contributed by atoms with E-state index >= 15 is 0 Å². The fraction of sp³-hybridized carbons (Fsp3) is 0.0769. The zero-order valence-corrected chi connectivity index (χ0v) is 18.4. The van der Waals surface area contributed by atoms with E-state index in [1.165, 1.54) is 24.3 Å². The van der Waals surface area contributed by atoms with Gasteiger partial charge in [0.1, 0.15) is 11.5 Å². The smallest absolute Gasteiger partial charge is 0.352 e. The summed E-state index contributed by atoms with van der Waals surface area (Å²) in [5.74, 6) is -14.4. The van der Waals surface area contributed by atoms with Gasteiger partial charge in [0.2, 0.25) is 34.9 Å². The van der Waals surface area contributed by atoms with Crippen LogP contribution in [0.2, 0.25) is 0 Å². The molecule has 0 fully saturated rings. The number of hydrogen-bond acceptors (Lipinski definition) is 5. The summed E-state index contributed by atoms with van der Waals surface area (Å²) in [5, 5.41) is 0. The highest BCUT2D eigenvalue weighted by Gasteiger charge is 2.31. The van der Waals surface area contributed by atoms with E-state index in [0.717, 1.165) is 12.5 Å². The van der Waals surface area contributed by atoms with Crippen molar-refractivity contribution < 1.29 is 45.8 Å². The van der Waals surface area contributed by atoms with Crippen LogP contribution in [0.4, 0.5) is 22.0 Å². The van der Waals surface area contributed by atoms with E-state index in [4.69, 9.17) is 9.47 Å². The van der Waals surface area contributed by atoms with Crippen molar-refractivity contribution in [1.82, 2.24) is 0 Å².